The Morgan fingerprint density at radius 1 is 1.54 bits per heavy atom. The van der Waals surface area contributed by atoms with Crippen LogP contribution in [0.15, 0.2) is 12.1 Å². The summed E-state index contributed by atoms with van der Waals surface area (Å²) < 4.78 is 4.76. The Morgan fingerprint density at radius 3 is 2.77 bits per heavy atom. The fourth-order valence-electron chi connectivity index (χ4n) is 0.799. The molecule has 0 fully saturated rings. The molecule has 1 aromatic heterocycles. The van der Waals surface area contributed by atoms with Crippen LogP contribution >= 0.6 is 11.3 Å². The number of esters is 1. The average Bonchev–Trinajstić information content (AvgIpc) is 2.33. The van der Waals surface area contributed by atoms with E-state index in [-0.39, 0.29) is 6.42 Å². The van der Waals surface area contributed by atoms with Gasteiger partial charge in [0.2, 0.25) is 0 Å². The first-order valence-electron chi connectivity index (χ1n) is 3.57. The maximum Gasteiger partial charge on any atom is 0.308 e. The van der Waals surface area contributed by atoms with Gasteiger partial charge in [-0.2, -0.15) is 0 Å². The van der Waals surface area contributed by atoms with Crippen LogP contribution in [0.1, 0.15) is 11.8 Å². The molecule has 0 radical (unpaired) electrons. The van der Waals surface area contributed by atoms with Crippen LogP contribution in [-0.4, -0.2) is 17.0 Å². The van der Waals surface area contributed by atoms with Gasteiger partial charge in [-0.05, 0) is 12.1 Å². The van der Waals surface area contributed by atoms with E-state index in [2.05, 4.69) is 0 Å². The molecule has 5 heteroatoms. The molecule has 0 aromatic carbocycles. The van der Waals surface area contributed by atoms with Crippen molar-refractivity contribution in [2.75, 3.05) is 0 Å². The van der Waals surface area contributed by atoms with E-state index >= 15 is 0 Å². The molecule has 1 heterocycles. The van der Waals surface area contributed by atoms with Gasteiger partial charge in [-0.1, -0.05) is 0 Å². The number of rotatable bonds is 3. The summed E-state index contributed by atoms with van der Waals surface area (Å²) in [5.74, 6) is -1.29. The van der Waals surface area contributed by atoms with Crippen molar-refractivity contribution in [1.29, 1.82) is 0 Å². The second kappa shape index (κ2) is 4.04. The Hall–Kier alpha value is -1.36. The molecule has 70 valence electrons. The van der Waals surface area contributed by atoms with E-state index in [1.165, 1.54) is 18.3 Å². The fourth-order valence-corrected chi connectivity index (χ4v) is 1.68. The average molecular weight is 200 g/mol. The summed E-state index contributed by atoms with van der Waals surface area (Å²) in [6.07, 6.45) is -0.0358. The number of ether oxygens (including phenoxy) is 1. The molecule has 1 rings (SSSR count). The van der Waals surface area contributed by atoms with E-state index < -0.39 is 11.9 Å². The van der Waals surface area contributed by atoms with Gasteiger partial charge >= 0.3 is 11.9 Å². The smallest absolute Gasteiger partial charge is 0.308 e. The van der Waals surface area contributed by atoms with Crippen LogP contribution in [0.2, 0.25) is 0 Å². The largest absolute Gasteiger partial charge is 0.481 e. The number of carboxylic acid groups (broad SMARTS) is 1. The van der Waals surface area contributed by atoms with E-state index in [0.29, 0.717) is 9.94 Å². The zero-order valence-corrected chi connectivity index (χ0v) is 7.76. The summed E-state index contributed by atoms with van der Waals surface area (Å²) in [6.45, 7) is 1.30. The molecule has 0 unspecified atom stereocenters. The molecule has 0 bridgehead atoms. The van der Waals surface area contributed by atoms with Crippen molar-refractivity contribution in [2.45, 2.75) is 13.3 Å². The van der Waals surface area contributed by atoms with Crippen LogP contribution in [-0.2, 0) is 16.0 Å². The molecule has 1 N–H and O–H groups in total. The summed E-state index contributed by atoms with van der Waals surface area (Å²) >= 11 is 1.17. The lowest BCUT2D eigenvalue weighted by molar-refractivity contribution is -0.136. The SMILES string of the molecule is CC(=O)Oc1ccc(CC(=O)O)s1. The molecule has 1 aromatic rings. The number of hydrogen-bond acceptors (Lipinski definition) is 4. The van der Waals surface area contributed by atoms with Crippen LogP contribution in [0, 0.1) is 0 Å². The molecule has 0 aliphatic heterocycles. The minimum atomic E-state index is -0.892. The number of carbonyl (C=O) groups is 2. The highest BCUT2D eigenvalue weighted by Crippen LogP contribution is 2.24. The molecule has 0 atom stereocenters. The molecule has 13 heavy (non-hydrogen) atoms. The van der Waals surface area contributed by atoms with Gasteiger partial charge < -0.3 is 9.84 Å². The number of carboxylic acids is 1. The molecular formula is C8H8O4S. The molecule has 0 aliphatic rings. The van der Waals surface area contributed by atoms with Crippen LogP contribution < -0.4 is 4.74 Å². The van der Waals surface area contributed by atoms with E-state index in [1.807, 2.05) is 0 Å². The summed E-state index contributed by atoms with van der Waals surface area (Å²) in [5, 5.41) is 8.89. The van der Waals surface area contributed by atoms with Crippen LogP contribution in [0.3, 0.4) is 0 Å². The van der Waals surface area contributed by atoms with Gasteiger partial charge in [0.1, 0.15) is 0 Å². The number of thiophene rings is 1. The maximum absolute atomic E-state index is 10.5. The van der Waals surface area contributed by atoms with E-state index in [1.54, 1.807) is 12.1 Å². The Bertz CT molecular complexity index is 298. The predicted molar refractivity (Wildman–Crippen MR) is 47.0 cm³/mol. The van der Waals surface area contributed by atoms with Crippen molar-refractivity contribution >= 4 is 23.3 Å². The monoisotopic (exact) mass is 200 g/mol. The standard InChI is InChI=1S/C8H8O4S/c1-5(9)12-8-3-2-6(13-8)4-7(10)11/h2-3H,4H2,1H3,(H,10,11). The van der Waals surface area contributed by atoms with Gasteiger partial charge in [0, 0.05) is 11.8 Å². The lowest BCUT2D eigenvalue weighted by Crippen LogP contribution is -1.99. The maximum atomic E-state index is 10.5. The first-order chi connectivity index (χ1) is 6.08. The van der Waals surface area contributed by atoms with Crippen molar-refractivity contribution < 1.29 is 19.4 Å². The van der Waals surface area contributed by atoms with E-state index in [4.69, 9.17) is 9.84 Å². The second-order valence-electron chi connectivity index (χ2n) is 2.38. The highest BCUT2D eigenvalue weighted by Gasteiger charge is 2.06. The van der Waals surface area contributed by atoms with Crippen LogP contribution in [0.5, 0.6) is 5.06 Å². The second-order valence-corrected chi connectivity index (χ2v) is 3.52. The number of hydrogen-bond donors (Lipinski definition) is 1. The molecule has 0 saturated carbocycles. The van der Waals surface area contributed by atoms with E-state index in [0.717, 1.165) is 0 Å². The van der Waals surface area contributed by atoms with Crippen molar-refractivity contribution in [3.8, 4) is 5.06 Å². The van der Waals surface area contributed by atoms with Crippen molar-refractivity contribution in [3.63, 3.8) is 0 Å². The minimum absolute atomic E-state index is 0.0358. The quantitative estimate of drug-likeness (QED) is 0.747. The zero-order valence-electron chi connectivity index (χ0n) is 6.94. The molecule has 4 nitrogen and oxygen atoms in total. The lowest BCUT2D eigenvalue weighted by atomic mass is 10.3. The van der Waals surface area contributed by atoms with E-state index in [9.17, 15) is 9.59 Å². The Morgan fingerprint density at radius 2 is 2.23 bits per heavy atom. The molecule has 0 amide bonds. The van der Waals surface area contributed by atoms with Gasteiger partial charge in [0.15, 0.2) is 5.06 Å². The number of aliphatic carboxylic acids is 1. The topological polar surface area (TPSA) is 63.6 Å². The van der Waals surface area contributed by atoms with Gasteiger partial charge in [-0.25, -0.2) is 0 Å². The fraction of sp³-hybridized carbons (Fsp3) is 0.250. The summed E-state index contributed by atoms with van der Waals surface area (Å²) in [4.78, 5) is 21.5. The lowest BCUT2D eigenvalue weighted by Gasteiger charge is -1.93. The highest BCUT2D eigenvalue weighted by molar-refractivity contribution is 7.14. The van der Waals surface area contributed by atoms with Crippen LogP contribution in [0.4, 0.5) is 0 Å². The third kappa shape index (κ3) is 3.25. The number of carbonyl (C=O) groups excluding carboxylic acids is 1. The van der Waals surface area contributed by atoms with Crippen molar-refractivity contribution in [1.82, 2.24) is 0 Å². The Kier molecular flexibility index (Phi) is 3.02. The van der Waals surface area contributed by atoms with Crippen molar-refractivity contribution in [3.05, 3.63) is 17.0 Å². The normalized spacial score (nSPS) is 9.62. The third-order valence-corrected chi connectivity index (χ3v) is 2.17. The highest BCUT2D eigenvalue weighted by atomic mass is 32.1. The summed E-state index contributed by atoms with van der Waals surface area (Å²) in [7, 11) is 0. The Labute approximate surface area is 78.8 Å². The molecule has 0 spiro atoms. The predicted octanol–water partition coefficient (Wildman–Crippen LogP) is 1.30. The molecule has 0 aliphatic carbocycles. The summed E-state index contributed by atoms with van der Waals surface area (Å²) in [5.41, 5.74) is 0. The third-order valence-electron chi connectivity index (χ3n) is 1.21. The first-order valence-corrected chi connectivity index (χ1v) is 4.38. The summed E-state index contributed by atoms with van der Waals surface area (Å²) in [6, 6.07) is 3.22. The van der Waals surface area contributed by atoms with Crippen LogP contribution in [0.25, 0.3) is 0 Å². The molecular weight excluding hydrogens is 192 g/mol. The van der Waals surface area contributed by atoms with Crippen molar-refractivity contribution in [2.24, 2.45) is 0 Å². The van der Waals surface area contributed by atoms with Gasteiger partial charge in [-0.15, -0.1) is 11.3 Å². The first kappa shape index (κ1) is 9.73. The van der Waals surface area contributed by atoms with Gasteiger partial charge in [-0.3, -0.25) is 9.59 Å². The van der Waals surface area contributed by atoms with Gasteiger partial charge in [0.25, 0.3) is 0 Å². The minimum Gasteiger partial charge on any atom is -0.481 e. The zero-order chi connectivity index (χ0) is 9.84. The van der Waals surface area contributed by atoms with Gasteiger partial charge in [0.05, 0.1) is 6.42 Å². The Balaban J connectivity index is 2.63. The molecule has 0 saturated heterocycles.